The first-order valence-corrected chi connectivity index (χ1v) is 6.14. The lowest BCUT2D eigenvalue weighted by Gasteiger charge is -1.98. The summed E-state index contributed by atoms with van der Waals surface area (Å²) < 4.78 is 1.10. The first-order valence-electron chi connectivity index (χ1n) is 5.32. The Bertz CT molecular complexity index is 688. The number of pyridine rings is 1. The molecular weight excluding hydrogens is 230 g/mol. The number of rotatable bonds is 1. The van der Waals surface area contributed by atoms with Crippen LogP contribution in [0.4, 0.5) is 5.69 Å². The first kappa shape index (κ1) is 10.2. The van der Waals surface area contributed by atoms with Gasteiger partial charge in [-0.15, -0.1) is 11.3 Å². The summed E-state index contributed by atoms with van der Waals surface area (Å²) in [5.74, 6) is 0. The van der Waals surface area contributed by atoms with E-state index >= 15 is 0 Å². The number of aromatic nitrogens is 2. The zero-order valence-corrected chi connectivity index (χ0v) is 10.2. The van der Waals surface area contributed by atoms with Crippen LogP contribution < -0.4 is 5.73 Å². The van der Waals surface area contributed by atoms with Crippen molar-refractivity contribution in [3.05, 3.63) is 42.1 Å². The summed E-state index contributed by atoms with van der Waals surface area (Å²) in [6.07, 6.45) is 1.79. The second kappa shape index (κ2) is 3.82. The third-order valence-corrected chi connectivity index (χ3v) is 3.65. The van der Waals surface area contributed by atoms with Crippen molar-refractivity contribution in [1.29, 1.82) is 0 Å². The van der Waals surface area contributed by atoms with Crippen LogP contribution in [0.1, 0.15) is 5.56 Å². The standard InChI is InChI=1S/C13H11N3S/c1-8-3-2-6-15-12(8)13-16-10-5-4-9(14)7-11(10)17-13/h2-7H,14H2,1H3. The maximum atomic E-state index is 5.76. The number of hydrogen-bond donors (Lipinski definition) is 1. The van der Waals surface area contributed by atoms with E-state index in [-0.39, 0.29) is 0 Å². The highest BCUT2D eigenvalue weighted by Gasteiger charge is 2.09. The van der Waals surface area contributed by atoms with Crippen molar-refractivity contribution < 1.29 is 0 Å². The first-order chi connectivity index (χ1) is 8.24. The van der Waals surface area contributed by atoms with Gasteiger partial charge in [-0.25, -0.2) is 4.98 Å². The number of benzene rings is 1. The van der Waals surface area contributed by atoms with Gasteiger partial charge >= 0.3 is 0 Å². The number of fused-ring (bicyclic) bond motifs is 1. The van der Waals surface area contributed by atoms with Gasteiger partial charge in [0.05, 0.1) is 10.2 Å². The van der Waals surface area contributed by atoms with E-state index < -0.39 is 0 Å². The van der Waals surface area contributed by atoms with Gasteiger partial charge in [0, 0.05) is 11.9 Å². The van der Waals surface area contributed by atoms with Crippen LogP contribution in [-0.2, 0) is 0 Å². The summed E-state index contributed by atoms with van der Waals surface area (Å²) in [4.78, 5) is 8.97. The lowest BCUT2D eigenvalue weighted by atomic mass is 10.2. The lowest BCUT2D eigenvalue weighted by Crippen LogP contribution is -1.85. The van der Waals surface area contributed by atoms with Crippen LogP contribution in [0.25, 0.3) is 20.9 Å². The highest BCUT2D eigenvalue weighted by atomic mass is 32.1. The summed E-state index contributed by atoms with van der Waals surface area (Å²) in [5, 5.41) is 0.948. The van der Waals surface area contributed by atoms with E-state index in [1.54, 1.807) is 17.5 Å². The van der Waals surface area contributed by atoms with Crippen molar-refractivity contribution in [2.75, 3.05) is 5.73 Å². The van der Waals surface area contributed by atoms with Gasteiger partial charge in [-0.3, -0.25) is 4.98 Å². The molecule has 3 nitrogen and oxygen atoms in total. The number of thiazole rings is 1. The molecule has 2 N–H and O–H groups in total. The number of nitrogens with two attached hydrogens (primary N) is 1. The van der Waals surface area contributed by atoms with Gasteiger partial charge in [-0.2, -0.15) is 0 Å². The number of anilines is 1. The molecule has 0 fully saturated rings. The quantitative estimate of drug-likeness (QED) is 0.665. The Morgan fingerprint density at radius 3 is 2.94 bits per heavy atom. The summed E-state index contributed by atoms with van der Waals surface area (Å²) >= 11 is 1.63. The average molecular weight is 241 g/mol. The molecule has 0 unspecified atom stereocenters. The third-order valence-electron chi connectivity index (χ3n) is 2.62. The minimum atomic E-state index is 0.769. The van der Waals surface area contributed by atoms with Crippen molar-refractivity contribution in [2.45, 2.75) is 6.92 Å². The van der Waals surface area contributed by atoms with Crippen LogP contribution in [0.2, 0.25) is 0 Å². The molecule has 3 aromatic rings. The smallest absolute Gasteiger partial charge is 0.143 e. The van der Waals surface area contributed by atoms with Crippen molar-refractivity contribution in [2.24, 2.45) is 0 Å². The lowest BCUT2D eigenvalue weighted by molar-refractivity contribution is 1.26. The van der Waals surface area contributed by atoms with Gasteiger partial charge in [0.2, 0.25) is 0 Å². The Morgan fingerprint density at radius 2 is 2.12 bits per heavy atom. The van der Waals surface area contributed by atoms with E-state index in [1.165, 1.54) is 0 Å². The fraction of sp³-hybridized carbons (Fsp3) is 0.0769. The predicted octanol–water partition coefficient (Wildman–Crippen LogP) is 3.25. The van der Waals surface area contributed by atoms with Crippen LogP contribution in [0.3, 0.4) is 0 Å². The molecule has 0 aliphatic carbocycles. The summed E-state index contributed by atoms with van der Waals surface area (Å²) in [6, 6.07) is 9.75. The van der Waals surface area contributed by atoms with Gasteiger partial charge in [-0.1, -0.05) is 6.07 Å². The maximum Gasteiger partial charge on any atom is 0.143 e. The monoisotopic (exact) mass is 241 g/mol. The SMILES string of the molecule is Cc1cccnc1-c1nc2ccc(N)cc2s1. The zero-order valence-electron chi connectivity index (χ0n) is 9.34. The molecule has 17 heavy (non-hydrogen) atoms. The van der Waals surface area contributed by atoms with Crippen LogP contribution in [-0.4, -0.2) is 9.97 Å². The van der Waals surface area contributed by atoms with Crippen molar-refractivity contribution in [3.8, 4) is 10.7 Å². The molecule has 0 amide bonds. The molecule has 0 bridgehead atoms. The Kier molecular flexibility index (Phi) is 2.30. The van der Waals surface area contributed by atoms with Gasteiger partial charge < -0.3 is 5.73 Å². The molecular formula is C13H11N3S. The van der Waals surface area contributed by atoms with Crippen molar-refractivity contribution in [1.82, 2.24) is 9.97 Å². The average Bonchev–Trinajstić information content (AvgIpc) is 2.72. The molecule has 0 aliphatic rings. The summed E-state index contributed by atoms with van der Waals surface area (Å²) in [5.41, 5.74) is 9.60. The van der Waals surface area contributed by atoms with E-state index in [2.05, 4.69) is 9.97 Å². The molecule has 0 aliphatic heterocycles. The minimum Gasteiger partial charge on any atom is -0.399 e. The molecule has 2 aromatic heterocycles. The van der Waals surface area contributed by atoms with Crippen LogP contribution in [0, 0.1) is 6.92 Å². The van der Waals surface area contributed by atoms with E-state index in [0.717, 1.165) is 32.2 Å². The number of nitrogens with zero attached hydrogens (tertiary/aromatic N) is 2. The molecule has 0 atom stereocenters. The Balaban J connectivity index is 2.22. The van der Waals surface area contributed by atoms with E-state index in [0.29, 0.717) is 0 Å². The third kappa shape index (κ3) is 1.76. The van der Waals surface area contributed by atoms with Crippen molar-refractivity contribution in [3.63, 3.8) is 0 Å². The molecule has 0 radical (unpaired) electrons. The summed E-state index contributed by atoms with van der Waals surface area (Å²) in [7, 11) is 0. The Hall–Kier alpha value is -1.94. The van der Waals surface area contributed by atoms with Gasteiger partial charge in [0.25, 0.3) is 0 Å². The highest BCUT2D eigenvalue weighted by molar-refractivity contribution is 7.21. The van der Waals surface area contributed by atoms with Crippen LogP contribution in [0.5, 0.6) is 0 Å². The topological polar surface area (TPSA) is 51.8 Å². The molecule has 0 spiro atoms. The van der Waals surface area contributed by atoms with Gasteiger partial charge in [-0.05, 0) is 36.8 Å². The largest absolute Gasteiger partial charge is 0.399 e. The van der Waals surface area contributed by atoms with Gasteiger partial charge in [0.1, 0.15) is 10.7 Å². The second-order valence-electron chi connectivity index (χ2n) is 3.92. The maximum absolute atomic E-state index is 5.76. The molecule has 0 saturated carbocycles. The zero-order chi connectivity index (χ0) is 11.8. The van der Waals surface area contributed by atoms with Gasteiger partial charge in [0.15, 0.2) is 0 Å². The fourth-order valence-corrected chi connectivity index (χ4v) is 2.83. The fourth-order valence-electron chi connectivity index (χ4n) is 1.75. The van der Waals surface area contributed by atoms with Crippen molar-refractivity contribution >= 4 is 27.2 Å². The van der Waals surface area contributed by atoms with E-state index in [1.807, 2.05) is 37.3 Å². The number of nitrogen functional groups attached to an aromatic ring is 1. The molecule has 3 rings (SSSR count). The molecule has 1 aromatic carbocycles. The molecule has 4 heteroatoms. The Labute approximate surface area is 103 Å². The van der Waals surface area contributed by atoms with Crippen LogP contribution in [0.15, 0.2) is 36.5 Å². The summed E-state index contributed by atoms with van der Waals surface area (Å²) in [6.45, 7) is 2.04. The minimum absolute atomic E-state index is 0.769. The molecule has 2 heterocycles. The predicted molar refractivity (Wildman–Crippen MR) is 72.0 cm³/mol. The van der Waals surface area contributed by atoms with Crippen LogP contribution >= 0.6 is 11.3 Å². The second-order valence-corrected chi connectivity index (χ2v) is 4.95. The molecule has 0 saturated heterocycles. The normalized spacial score (nSPS) is 10.9. The van der Waals surface area contributed by atoms with E-state index in [4.69, 9.17) is 5.73 Å². The molecule has 84 valence electrons. The number of aryl methyl sites for hydroxylation is 1. The highest BCUT2D eigenvalue weighted by Crippen LogP contribution is 2.31. The Morgan fingerprint density at radius 1 is 1.24 bits per heavy atom. The van der Waals surface area contributed by atoms with E-state index in [9.17, 15) is 0 Å². The number of hydrogen-bond acceptors (Lipinski definition) is 4.